The fourth-order valence-corrected chi connectivity index (χ4v) is 3.35. The van der Waals surface area contributed by atoms with Crippen LogP contribution < -0.4 is 16.0 Å². The van der Waals surface area contributed by atoms with Crippen molar-refractivity contribution in [2.24, 2.45) is 0 Å². The second kappa shape index (κ2) is 7.95. The van der Waals surface area contributed by atoms with Crippen molar-refractivity contribution < 1.29 is 4.74 Å². The molecule has 0 aliphatic rings. The number of nitrogens with one attached hydrogen (secondary N) is 1. The van der Waals surface area contributed by atoms with E-state index in [1.165, 1.54) is 0 Å². The predicted octanol–water partition coefficient (Wildman–Crippen LogP) is 4.80. The quantitative estimate of drug-likeness (QED) is 0.496. The molecule has 5 heteroatoms. The molecule has 150 valence electrons. The molecule has 0 radical (unpaired) electrons. The molecule has 0 unspecified atom stereocenters. The van der Waals surface area contributed by atoms with Crippen LogP contribution in [0.15, 0.2) is 47.4 Å². The molecule has 0 atom stereocenters. The first-order valence-electron chi connectivity index (χ1n) is 9.51. The van der Waals surface area contributed by atoms with Gasteiger partial charge < -0.3 is 10.5 Å². The van der Waals surface area contributed by atoms with Crippen molar-refractivity contribution in [2.45, 2.75) is 33.1 Å². The van der Waals surface area contributed by atoms with Gasteiger partial charge in [0.25, 0.3) is 5.56 Å². The molecule has 0 saturated carbocycles. The van der Waals surface area contributed by atoms with Gasteiger partial charge >= 0.3 is 0 Å². The highest BCUT2D eigenvalue weighted by Gasteiger charge is 2.22. The Morgan fingerprint density at radius 2 is 1.79 bits per heavy atom. The lowest BCUT2D eigenvalue weighted by Gasteiger charge is -2.24. The summed E-state index contributed by atoms with van der Waals surface area (Å²) >= 11 is 0. The first-order chi connectivity index (χ1) is 13.7. The van der Waals surface area contributed by atoms with E-state index in [2.05, 4.69) is 31.0 Å². The van der Waals surface area contributed by atoms with E-state index in [-0.39, 0.29) is 11.0 Å². The molecule has 0 bridgehead atoms. The summed E-state index contributed by atoms with van der Waals surface area (Å²) in [6.45, 7) is 8.41. The summed E-state index contributed by atoms with van der Waals surface area (Å²) in [5.41, 5.74) is 11.7. The van der Waals surface area contributed by atoms with Crippen LogP contribution in [0.3, 0.4) is 0 Å². The van der Waals surface area contributed by atoms with Gasteiger partial charge in [-0.05, 0) is 59.4 Å². The Hall–Kier alpha value is -3.34. The van der Waals surface area contributed by atoms with Crippen LogP contribution in [-0.2, 0) is 5.41 Å². The van der Waals surface area contributed by atoms with E-state index < -0.39 is 0 Å². The molecule has 29 heavy (non-hydrogen) atoms. The number of rotatable bonds is 4. The van der Waals surface area contributed by atoms with Gasteiger partial charge in [0.15, 0.2) is 0 Å². The Bertz CT molecular complexity index is 1120. The van der Waals surface area contributed by atoms with E-state index in [1.54, 1.807) is 19.4 Å². The summed E-state index contributed by atoms with van der Waals surface area (Å²) in [4.78, 5) is 12.3. The van der Waals surface area contributed by atoms with Gasteiger partial charge in [-0.15, -0.1) is 0 Å². The molecule has 0 aliphatic heterocycles. The first kappa shape index (κ1) is 20.4. The van der Waals surface area contributed by atoms with Crippen molar-refractivity contribution in [3.63, 3.8) is 0 Å². The molecule has 1 heterocycles. The Morgan fingerprint density at radius 3 is 2.41 bits per heavy atom. The number of ether oxygens (including phenoxy) is 1. The topological polar surface area (TPSA) is 81.0 Å². The summed E-state index contributed by atoms with van der Waals surface area (Å²) < 4.78 is 5.79. The van der Waals surface area contributed by atoms with Gasteiger partial charge in [-0.25, -0.2) is 5.10 Å². The van der Waals surface area contributed by atoms with Crippen LogP contribution >= 0.6 is 0 Å². The normalized spacial score (nSPS) is 11.8. The van der Waals surface area contributed by atoms with Gasteiger partial charge in [0.1, 0.15) is 5.75 Å². The number of hydrogen-bond donors (Lipinski definition) is 2. The monoisotopic (exact) mass is 389 g/mol. The van der Waals surface area contributed by atoms with Gasteiger partial charge in [0.05, 0.1) is 12.7 Å². The van der Waals surface area contributed by atoms with Crippen molar-refractivity contribution in [1.29, 1.82) is 0 Å². The van der Waals surface area contributed by atoms with E-state index in [0.717, 1.165) is 39.3 Å². The zero-order valence-electron chi connectivity index (χ0n) is 17.5. The van der Waals surface area contributed by atoms with E-state index in [1.807, 2.05) is 49.4 Å². The van der Waals surface area contributed by atoms with Crippen LogP contribution in [-0.4, -0.2) is 17.3 Å². The van der Waals surface area contributed by atoms with Crippen molar-refractivity contribution in [3.8, 4) is 16.9 Å². The number of aromatic nitrogens is 2. The molecule has 3 aromatic rings. The van der Waals surface area contributed by atoms with Gasteiger partial charge in [0, 0.05) is 23.0 Å². The Morgan fingerprint density at radius 1 is 1.07 bits per heavy atom. The molecule has 0 spiro atoms. The lowest BCUT2D eigenvalue weighted by Crippen LogP contribution is -2.15. The highest BCUT2D eigenvalue weighted by molar-refractivity contribution is 5.79. The smallest absolute Gasteiger partial charge is 0.272 e. The molecule has 0 saturated heterocycles. The largest absolute Gasteiger partial charge is 0.496 e. The maximum Gasteiger partial charge on any atom is 0.272 e. The maximum atomic E-state index is 12.3. The van der Waals surface area contributed by atoms with Gasteiger partial charge in [-0.1, -0.05) is 39.0 Å². The number of H-pyrrole nitrogens is 1. The van der Waals surface area contributed by atoms with Gasteiger partial charge in [0.2, 0.25) is 0 Å². The lowest BCUT2D eigenvalue weighted by atomic mass is 9.83. The van der Waals surface area contributed by atoms with Crippen molar-refractivity contribution >= 4 is 17.8 Å². The standard InChI is InChI=1S/C24H27N3O2/c1-15-12-19(25)9-8-16(15)6-7-17-13-18(20-10-11-26-27-23(20)28)14-21(22(17)29-5)24(2,3)4/h6-14H,25H2,1-5H3,(H,27,28)/b7-6+. The number of aromatic amines is 1. The number of hydrogen-bond acceptors (Lipinski definition) is 4. The Balaban J connectivity index is 2.21. The number of benzene rings is 2. The molecule has 0 aliphatic carbocycles. The SMILES string of the molecule is COc1c(/C=C/c2ccc(N)cc2C)cc(-c2ccn[nH]c2=O)cc1C(C)(C)C. The third-order valence-electron chi connectivity index (χ3n) is 4.90. The van der Waals surface area contributed by atoms with E-state index in [9.17, 15) is 4.79 Å². The minimum absolute atomic E-state index is 0.166. The van der Waals surface area contributed by atoms with Crippen LogP contribution in [0.1, 0.15) is 43.0 Å². The van der Waals surface area contributed by atoms with E-state index in [0.29, 0.717) is 5.56 Å². The summed E-state index contributed by atoms with van der Waals surface area (Å²) in [6.07, 6.45) is 5.65. The van der Waals surface area contributed by atoms with Crippen LogP contribution in [0.2, 0.25) is 0 Å². The summed E-state index contributed by atoms with van der Waals surface area (Å²) in [5, 5.41) is 6.31. The third-order valence-corrected chi connectivity index (χ3v) is 4.90. The summed E-state index contributed by atoms with van der Waals surface area (Å²) in [5.74, 6) is 0.802. The van der Waals surface area contributed by atoms with Crippen LogP contribution in [0.5, 0.6) is 5.75 Å². The number of aryl methyl sites for hydroxylation is 1. The molecular weight excluding hydrogens is 362 g/mol. The van der Waals surface area contributed by atoms with Crippen LogP contribution in [0.25, 0.3) is 23.3 Å². The van der Waals surface area contributed by atoms with Crippen LogP contribution in [0.4, 0.5) is 5.69 Å². The number of methoxy groups -OCH3 is 1. The third kappa shape index (κ3) is 4.40. The number of anilines is 1. The van der Waals surface area contributed by atoms with E-state index in [4.69, 9.17) is 10.5 Å². The molecule has 5 nitrogen and oxygen atoms in total. The minimum Gasteiger partial charge on any atom is -0.496 e. The lowest BCUT2D eigenvalue weighted by molar-refractivity contribution is 0.397. The maximum absolute atomic E-state index is 12.3. The summed E-state index contributed by atoms with van der Waals surface area (Å²) in [7, 11) is 1.68. The number of nitrogens with two attached hydrogens (primary N) is 1. The molecule has 3 rings (SSSR count). The predicted molar refractivity (Wildman–Crippen MR) is 120 cm³/mol. The molecule has 0 amide bonds. The number of nitrogens with zero attached hydrogens (tertiary/aromatic N) is 1. The van der Waals surface area contributed by atoms with Crippen molar-refractivity contribution in [1.82, 2.24) is 10.2 Å². The molecule has 1 aromatic heterocycles. The second-order valence-electron chi connectivity index (χ2n) is 8.15. The fourth-order valence-electron chi connectivity index (χ4n) is 3.35. The first-order valence-corrected chi connectivity index (χ1v) is 9.51. The highest BCUT2D eigenvalue weighted by Crippen LogP contribution is 2.38. The van der Waals surface area contributed by atoms with Crippen molar-refractivity contribution in [3.05, 3.63) is 75.2 Å². The molecule has 3 N–H and O–H groups in total. The Kier molecular flexibility index (Phi) is 5.59. The highest BCUT2D eigenvalue weighted by atomic mass is 16.5. The average molecular weight is 389 g/mol. The second-order valence-corrected chi connectivity index (χ2v) is 8.15. The minimum atomic E-state index is -0.221. The summed E-state index contributed by atoms with van der Waals surface area (Å²) in [6, 6.07) is 11.6. The van der Waals surface area contributed by atoms with Crippen molar-refractivity contribution in [2.75, 3.05) is 12.8 Å². The van der Waals surface area contributed by atoms with Crippen LogP contribution in [0, 0.1) is 6.92 Å². The Labute approximate surface area is 171 Å². The molecule has 0 fully saturated rings. The zero-order chi connectivity index (χ0) is 21.2. The van der Waals surface area contributed by atoms with E-state index >= 15 is 0 Å². The zero-order valence-corrected chi connectivity index (χ0v) is 17.5. The molecular formula is C24H27N3O2. The average Bonchev–Trinajstić information content (AvgIpc) is 2.66. The molecule has 2 aromatic carbocycles. The van der Waals surface area contributed by atoms with Gasteiger partial charge in [-0.2, -0.15) is 5.10 Å². The van der Waals surface area contributed by atoms with Gasteiger partial charge in [-0.3, -0.25) is 4.79 Å². The number of nitrogen functional groups attached to an aromatic ring is 1. The fraction of sp³-hybridized carbons (Fsp3) is 0.250.